The zero-order chi connectivity index (χ0) is 14.0. The number of hydrogen-bond donors (Lipinski definition) is 2. The molecule has 0 amide bonds. The molecule has 2 rings (SSSR count). The average Bonchev–Trinajstić information content (AvgIpc) is 2.25. The molecule has 0 unspecified atom stereocenters. The van der Waals surface area contributed by atoms with E-state index in [1.54, 1.807) is 7.11 Å². The number of carbonyl (C=O) groups is 1. The van der Waals surface area contributed by atoms with Gasteiger partial charge in [-0.15, -0.1) is 0 Å². The van der Waals surface area contributed by atoms with Crippen molar-refractivity contribution in [1.82, 2.24) is 0 Å². The first kappa shape index (κ1) is 13.7. The maximum atomic E-state index is 11.0. The van der Waals surface area contributed by atoms with E-state index >= 15 is 0 Å². The number of aliphatic carboxylic acids is 1. The lowest BCUT2D eigenvalue weighted by molar-refractivity contribution is -0.138. The Morgan fingerprint density at radius 2 is 1.95 bits per heavy atom. The fourth-order valence-electron chi connectivity index (χ4n) is 2.89. The van der Waals surface area contributed by atoms with Crippen LogP contribution in [0.3, 0.4) is 0 Å². The second-order valence-corrected chi connectivity index (χ2v) is 5.47. The molecule has 4 nitrogen and oxygen atoms in total. The third-order valence-electron chi connectivity index (χ3n) is 3.87. The molecular weight excluding hydrogens is 242 g/mol. The number of methoxy groups -OCH3 is 1. The Balaban J connectivity index is 2.21. The molecule has 1 aliphatic carbocycles. The summed E-state index contributed by atoms with van der Waals surface area (Å²) in [6, 6.07) is 4.04. The van der Waals surface area contributed by atoms with E-state index in [2.05, 4.69) is 5.32 Å². The molecule has 2 N–H and O–H groups in total. The molecule has 1 aromatic carbocycles. The van der Waals surface area contributed by atoms with Gasteiger partial charge in [-0.2, -0.15) is 0 Å². The summed E-state index contributed by atoms with van der Waals surface area (Å²) in [5.74, 6) is 0.153. The van der Waals surface area contributed by atoms with Gasteiger partial charge in [-0.25, -0.2) is 0 Å². The largest absolute Gasteiger partial charge is 0.496 e. The second-order valence-electron chi connectivity index (χ2n) is 5.47. The minimum atomic E-state index is -0.742. The minimum absolute atomic E-state index is 0.178. The summed E-state index contributed by atoms with van der Waals surface area (Å²) in [6.45, 7) is 4.00. The molecule has 0 spiro atoms. The van der Waals surface area contributed by atoms with E-state index in [0.717, 1.165) is 41.8 Å². The van der Waals surface area contributed by atoms with Gasteiger partial charge in [0, 0.05) is 11.2 Å². The summed E-state index contributed by atoms with van der Waals surface area (Å²) >= 11 is 0. The van der Waals surface area contributed by atoms with Crippen molar-refractivity contribution in [3.63, 3.8) is 0 Å². The number of benzene rings is 1. The summed E-state index contributed by atoms with van der Waals surface area (Å²) in [6.07, 6.45) is 3.11. The second kappa shape index (κ2) is 5.11. The first-order valence-corrected chi connectivity index (χ1v) is 6.61. The summed E-state index contributed by atoms with van der Waals surface area (Å²) in [7, 11) is 1.67. The topological polar surface area (TPSA) is 58.6 Å². The van der Waals surface area contributed by atoms with Crippen LogP contribution in [0.2, 0.25) is 0 Å². The predicted octanol–water partition coefficient (Wildman–Crippen LogP) is 3.12. The number of rotatable bonds is 5. The van der Waals surface area contributed by atoms with Gasteiger partial charge >= 0.3 is 5.97 Å². The molecule has 0 radical (unpaired) electrons. The molecule has 0 bridgehead atoms. The van der Waals surface area contributed by atoms with Gasteiger partial charge < -0.3 is 15.2 Å². The maximum Gasteiger partial charge on any atom is 0.305 e. The lowest BCUT2D eigenvalue weighted by Gasteiger charge is -2.42. The van der Waals surface area contributed by atoms with Crippen LogP contribution in [0.4, 0.5) is 5.69 Å². The van der Waals surface area contributed by atoms with E-state index in [4.69, 9.17) is 9.84 Å². The molecule has 0 saturated heterocycles. The van der Waals surface area contributed by atoms with Gasteiger partial charge in [-0.05, 0) is 56.4 Å². The molecular formula is C15H21NO3. The van der Waals surface area contributed by atoms with E-state index < -0.39 is 5.97 Å². The highest BCUT2D eigenvalue weighted by Crippen LogP contribution is 2.39. The van der Waals surface area contributed by atoms with Gasteiger partial charge in [0.25, 0.3) is 0 Å². The lowest BCUT2D eigenvalue weighted by Crippen LogP contribution is -2.46. The fraction of sp³-hybridized carbons (Fsp3) is 0.533. The molecule has 104 valence electrons. The number of anilines is 1. The number of carboxylic acids is 1. The third kappa shape index (κ3) is 2.83. The van der Waals surface area contributed by atoms with Gasteiger partial charge in [-0.1, -0.05) is 0 Å². The molecule has 0 aromatic heterocycles. The smallest absolute Gasteiger partial charge is 0.305 e. The van der Waals surface area contributed by atoms with Gasteiger partial charge in [0.15, 0.2) is 0 Å². The number of nitrogens with one attached hydrogen (secondary N) is 1. The van der Waals surface area contributed by atoms with Gasteiger partial charge in [0.2, 0.25) is 0 Å². The molecule has 1 aliphatic rings. The summed E-state index contributed by atoms with van der Waals surface area (Å²) < 4.78 is 5.34. The van der Waals surface area contributed by atoms with Crippen LogP contribution in [0.1, 0.15) is 36.8 Å². The van der Waals surface area contributed by atoms with Crippen LogP contribution in [0.25, 0.3) is 0 Å². The maximum absolute atomic E-state index is 11.0. The van der Waals surface area contributed by atoms with Crippen LogP contribution < -0.4 is 10.1 Å². The van der Waals surface area contributed by atoms with E-state index in [9.17, 15) is 4.79 Å². The lowest BCUT2D eigenvalue weighted by atomic mass is 9.74. The summed E-state index contributed by atoms with van der Waals surface area (Å²) in [5, 5.41) is 12.4. The Hall–Kier alpha value is -1.71. The zero-order valence-electron chi connectivity index (χ0n) is 11.7. The fourth-order valence-corrected chi connectivity index (χ4v) is 2.89. The molecule has 0 heterocycles. The Morgan fingerprint density at radius 3 is 2.32 bits per heavy atom. The predicted molar refractivity (Wildman–Crippen MR) is 74.9 cm³/mol. The Labute approximate surface area is 113 Å². The van der Waals surface area contributed by atoms with Gasteiger partial charge in [0.1, 0.15) is 5.75 Å². The van der Waals surface area contributed by atoms with Gasteiger partial charge in [0.05, 0.1) is 13.5 Å². The standard InChI is InChI=1S/C15H21NO3/c1-10-7-12(8-11(2)14(10)19-3)16-15(5-4-6-15)9-13(17)18/h7-8,16H,4-6,9H2,1-3H3,(H,17,18). The highest BCUT2D eigenvalue weighted by molar-refractivity contribution is 5.70. The van der Waals surface area contributed by atoms with E-state index in [1.165, 1.54) is 0 Å². The van der Waals surface area contributed by atoms with E-state index in [0.29, 0.717) is 0 Å². The normalized spacial score (nSPS) is 16.6. The highest BCUT2D eigenvalue weighted by Gasteiger charge is 2.39. The summed E-state index contributed by atoms with van der Waals surface area (Å²) in [4.78, 5) is 11.0. The molecule has 1 aromatic rings. The van der Waals surface area contributed by atoms with Crippen molar-refractivity contribution in [1.29, 1.82) is 0 Å². The van der Waals surface area contributed by atoms with Crippen molar-refractivity contribution in [2.45, 2.75) is 45.1 Å². The van der Waals surface area contributed by atoms with Crippen molar-refractivity contribution in [2.24, 2.45) is 0 Å². The molecule has 19 heavy (non-hydrogen) atoms. The Morgan fingerprint density at radius 1 is 1.37 bits per heavy atom. The van der Waals surface area contributed by atoms with E-state index in [-0.39, 0.29) is 12.0 Å². The van der Waals surface area contributed by atoms with Crippen LogP contribution in [0, 0.1) is 13.8 Å². The number of carboxylic acid groups (broad SMARTS) is 1. The zero-order valence-corrected chi connectivity index (χ0v) is 11.7. The van der Waals surface area contributed by atoms with Crippen molar-refractivity contribution in [2.75, 3.05) is 12.4 Å². The molecule has 0 aliphatic heterocycles. The first-order chi connectivity index (χ1) is 8.96. The van der Waals surface area contributed by atoms with Crippen LogP contribution in [0.5, 0.6) is 5.75 Å². The first-order valence-electron chi connectivity index (χ1n) is 6.61. The SMILES string of the molecule is COc1c(C)cc(NC2(CC(=O)O)CCC2)cc1C. The van der Waals surface area contributed by atoms with Crippen LogP contribution in [-0.4, -0.2) is 23.7 Å². The van der Waals surface area contributed by atoms with Crippen molar-refractivity contribution in [3.8, 4) is 5.75 Å². The Kier molecular flexibility index (Phi) is 3.69. The quantitative estimate of drug-likeness (QED) is 0.857. The number of aryl methyl sites for hydroxylation is 2. The van der Waals surface area contributed by atoms with Crippen molar-refractivity contribution in [3.05, 3.63) is 23.3 Å². The molecule has 0 atom stereocenters. The third-order valence-corrected chi connectivity index (χ3v) is 3.87. The van der Waals surface area contributed by atoms with Crippen molar-refractivity contribution < 1.29 is 14.6 Å². The molecule has 1 fully saturated rings. The van der Waals surface area contributed by atoms with E-state index in [1.807, 2.05) is 26.0 Å². The highest BCUT2D eigenvalue weighted by atomic mass is 16.5. The van der Waals surface area contributed by atoms with Crippen LogP contribution >= 0.6 is 0 Å². The summed E-state index contributed by atoms with van der Waals surface area (Å²) in [5.41, 5.74) is 2.85. The van der Waals surface area contributed by atoms with Crippen LogP contribution in [0.15, 0.2) is 12.1 Å². The van der Waals surface area contributed by atoms with Crippen molar-refractivity contribution >= 4 is 11.7 Å². The average molecular weight is 263 g/mol. The molecule has 4 heteroatoms. The van der Waals surface area contributed by atoms with Crippen LogP contribution in [-0.2, 0) is 4.79 Å². The minimum Gasteiger partial charge on any atom is -0.496 e. The Bertz CT molecular complexity index is 469. The molecule has 1 saturated carbocycles. The monoisotopic (exact) mass is 263 g/mol. The number of hydrogen-bond acceptors (Lipinski definition) is 3. The number of ether oxygens (including phenoxy) is 1. The van der Waals surface area contributed by atoms with Gasteiger partial charge in [-0.3, -0.25) is 4.79 Å².